The first-order valence-corrected chi connectivity index (χ1v) is 10.0. The number of methoxy groups -OCH3 is 1. The van der Waals surface area contributed by atoms with Crippen molar-refractivity contribution >= 4 is 15.9 Å². The van der Waals surface area contributed by atoms with Crippen molar-refractivity contribution < 1.29 is 22.3 Å². The highest BCUT2D eigenvalue weighted by Gasteiger charge is 2.40. The Bertz CT molecular complexity index is 933. The fourth-order valence-electron chi connectivity index (χ4n) is 3.22. The van der Waals surface area contributed by atoms with Crippen LogP contribution in [0.15, 0.2) is 53.4 Å². The number of ether oxygens (including phenoxy) is 1. The molecule has 1 aliphatic heterocycles. The van der Waals surface area contributed by atoms with Crippen LogP contribution in [0.5, 0.6) is 5.75 Å². The Morgan fingerprint density at radius 3 is 2.67 bits per heavy atom. The number of benzene rings is 2. The number of halogens is 1. The van der Waals surface area contributed by atoms with Gasteiger partial charge in [-0.25, -0.2) is 12.8 Å². The summed E-state index contributed by atoms with van der Waals surface area (Å²) in [6, 6.07) is 11.6. The average Bonchev–Trinajstić information content (AvgIpc) is 3.17. The first kappa shape index (κ1) is 19.3. The number of hydrogen-bond donors (Lipinski definition) is 1. The van der Waals surface area contributed by atoms with Crippen LogP contribution < -0.4 is 10.1 Å². The molecule has 1 aliphatic rings. The van der Waals surface area contributed by atoms with E-state index in [4.69, 9.17) is 4.74 Å². The molecule has 0 bridgehead atoms. The number of carbonyl (C=O) groups is 1. The van der Waals surface area contributed by atoms with Crippen molar-refractivity contribution in [1.29, 1.82) is 0 Å². The molecule has 27 heavy (non-hydrogen) atoms. The van der Waals surface area contributed by atoms with Gasteiger partial charge >= 0.3 is 0 Å². The lowest BCUT2D eigenvalue weighted by molar-refractivity contribution is -0.124. The molecule has 0 radical (unpaired) electrons. The molecule has 1 N–H and O–H groups in total. The van der Waals surface area contributed by atoms with Crippen LogP contribution >= 0.6 is 0 Å². The summed E-state index contributed by atoms with van der Waals surface area (Å²) < 4.78 is 46.0. The van der Waals surface area contributed by atoms with Gasteiger partial charge in [0.05, 0.1) is 7.11 Å². The zero-order valence-corrected chi connectivity index (χ0v) is 15.7. The molecule has 1 fully saturated rings. The van der Waals surface area contributed by atoms with E-state index < -0.39 is 32.7 Å². The summed E-state index contributed by atoms with van der Waals surface area (Å²) in [5.74, 6) is -0.587. The third kappa shape index (κ3) is 3.96. The van der Waals surface area contributed by atoms with Crippen LogP contribution in [0.4, 0.5) is 4.39 Å². The van der Waals surface area contributed by atoms with Crippen LogP contribution in [-0.2, 0) is 21.4 Å². The summed E-state index contributed by atoms with van der Waals surface area (Å²) in [5, 5.41) is 2.76. The SMILES string of the molecule is COc1ccccc1CNC(=O)[C@H]1CCCN1S(=O)(=O)c1ccccc1F. The number of para-hydroxylation sites is 1. The molecule has 1 saturated heterocycles. The largest absolute Gasteiger partial charge is 0.496 e. The van der Waals surface area contributed by atoms with Crippen molar-refractivity contribution in [3.8, 4) is 5.75 Å². The highest BCUT2D eigenvalue weighted by molar-refractivity contribution is 7.89. The second kappa shape index (κ2) is 8.06. The van der Waals surface area contributed by atoms with E-state index in [2.05, 4.69) is 5.32 Å². The Labute approximate surface area is 158 Å². The van der Waals surface area contributed by atoms with Crippen molar-refractivity contribution in [3.63, 3.8) is 0 Å². The maximum Gasteiger partial charge on any atom is 0.246 e. The van der Waals surface area contributed by atoms with E-state index in [-0.39, 0.29) is 13.1 Å². The Morgan fingerprint density at radius 1 is 1.22 bits per heavy atom. The molecule has 0 unspecified atom stereocenters. The van der Waals surface area contributed by atoms with Gasteiger partial charge in [-0.15, -0.1) is 0 Å². The zero-order valence-electron chi connectivity index (χ0n) is 14.9. The van der Waals surface area contributed by atoms with Gasteiger partial charge in [-0.2, -0.15) is 4.31 Å². The summed E-state index contributed by atoms with van der Waals surface area (Å²) >= 11 is 0. The van der Waals surface area contributed by atoms with Crippen LogP contribution in [-0.4, -0.2) is 38.3 Å². The topological polar surface area (TPSA) is 75.7 Å². The minimum absolute atomic E-state index is 0.184. The van der Waals surface area contributed by atoms with E-state index in [9.17, 15) is 17.6 Å². The summed E-state index contributed by atoms with van der Waals surface area (Å²) in [5.41, 5.74) is 0.787. The van der Waals surface area contributed by atoms with Gasteiger partial charge in [-0.3, -0.25) is 4.79 Å². The molecule has 0 aromatic heterocycles. The van der Waals surface area contributed by atoms with Crippen molar-refractivity contribution in [2.75, 3.05) is 13.7 Å². The number of hydrogen-bond acceptors (Lipinski definition) is 4. The van der Waals surface area contributed by atoms with E-state index in [0.29, 0.717) is 18.6 Å². The molecule has 8 heteroatoms. The van der Waals surface area contributed by atoms with Crippen LogP contribution in [0.2, 0.25) is 0 Å². The Balaban J connectivity index is 1.76. The Morgan fingerprint density at radius 2 is 1.93 bits per heavy atom. The smallest absolute Gasteiger partial charge is 0.246 e. The van der Waals surface area contributed by atoms with Gasteiger partial charge < -0.3 is 10.1 Å². The van der Waals surface area contributed by atoms with Crippen LogP contribution in [0.1, 0.15) is 18.4 Å². The highest BCUT2D eigenvalue weighted by atomic mass is 32.2. The molecular formula is C19H21FN2O4S. The van der Waals surface area contributed by atoms with Crippen LogP contribution in [0.3, 0.4) is 0 Å². The monoisotopic (exact) mass is 392 g/mol. The first-order chi connectivity index (χ1) is 12.9. The number of rotatable bonds is 6. The van der Waals surface area contributed by atoms with Crippen LogP contribution in [0, 0.1) is 5.82 Å². The van der Waals surface area contributed by atoms with Gasteiger partial charge in [0.1, 0.15) is 22.5 Å². The Hall–Kier alpha value is -2.45. The number of carbonyl (C=O) groups excluding carboxylic acids is 1. The molecular weight excluding hydrogens is 371 g/mol. The molecule has 1 heterocycles. The molecule has 0 spiro atoms. The summed E-state index contributed by atoms with van der Waals surface area (Å²) in [6.45, 7) is 0.399. The number of nitrogens with one attached hydrogen (secondary N) is 1. The van der Waals surface area contributed by atoms with E-state index in [1.165, 1.54) is 18.2 Å². The quantitative estimate of drug-likeness (QED) is 0.819. The van der Waals surface area contributed by atoms with E-state index in [1.807, 2.05) is 18.2 Å². The summed E-state index contributed by atoms with van der Waals surface area (Å²) in [7, 11) is -2.54. The van der Waals surface area contributed by atoms with Crippen molar-refractivity contribution in [2.24, 2.45) is 0 Å². The zero-order chi connectivity index (χ0) is 19.4. The summed E-state index contributed by atoms with van der Waals surface area (Å²) in [4.78, 5) is 12.2. The number of amides is 1. The minimum atomic E-state index is -4.09. The predicted molar refractivity (Wildman–Crippen MR) is 98.2 cm³/mol. The fraction of sp³-hybridized carbons (Fsp3) is 0.316. The normalized spacial score (nSPS) is 17.6. The molecule has 0 aliphatic carbocycles. The van der Waals surface area contributed by atoms with Gasteiger partial charge in [0.2, 0.25) is 15.9 Å². The lowest BCUT2D eigenvalue weighted by Gasteiger charge is -2.23. The molecule has 144 valence electrons. The van der Waals surface area contributed by atoms with Gasteiger partial charge in [0.15, 0.2) is 0 Å². The molecule has 2 aromatic carbocycles. The first-order valence-electron chi connectivity index (χ1n) is 8.61. The molecule has 1 amide bonds. The average molecular weight is 392 g/mol. The maximum absolute atomic E-state index is 14.0. The third-order valence-corrected chi connectivity index (χ3v) is 6.52. The highest BCUT2D eigenvalue weighted by Crippen LogP contribution is 2.27. The molecule has 1 atom stereocenters. The predicted octanol–water partition coefficient (Wildman–Crippen LogP) is 2.30. The standard InChI is InChI=1S/C19H21FN2O4S/c1-26-17-10-4-2-7-14(17)13-21-19(23)16-9-6-12-22(16)27(24,25)18-11-5-3-8-15(18)20/h2-5,7-8,10-11,16H,6,9,12-13H2,1H3,(H,21,23)/t16-/m1/s1. The van der Waals surface area contributed by atoms with Gasteiger partial charge in [0, 0.05) is 18.7 Å². The maximum atomic E-state index is 14.0. The van der Waals surface area contributed by atoms with E-state index in [0.717, 1.165) is 15.9 Å². The minimum Gasteiger partial charge on any atom is -0.496 e. The van der Waals surface area contributed by atoms with Crippen molar-refractivity contribution in [3.05, 3.63) is 59.9 Å². The van der Waals surface area contributed by atoms with Gasteiger partial charge in [0.25, 0.3) is 0 Å². The lowest BCUT2D eigenvalue weighted by atomic mass is 10.2. The molecule has 3 rings (SSSR count). The third-order valence-electron chi connectivity index (χ3n) is 4.58. The second-order valence-corrected chi connectivity index (χ2v) is 8.09. The fourth-order valence-corrected chi connectivity index (χ4v) is 4.94. The van der Waals surface area contributed by atoms with E-state index >= 15 is 0 Å². The summed E-state index contributed by atoms with van der Waals surface area (Å²) in [6.07, 6.45) is 0.936. The number of nitrogens with zero attached hydrogens (tertiary/aromatic N) is 1. The number of sulfonamides is 1. The second-order valence-electron chi connectivity index (χ2n) is 6.23. The van der Waals surface area contributed by atoms with Crippen LogP contribution in [0.25, 0.3) is 0 Å². The van der Waals surface area contributed by atoms with Crippen molar-refractivity contribution in [2.45, 2.75) is 30.3 Å². The van der Waals surface area contributed by atoms with Crippen molar-refractivity contribution in [1.82, 2.24) is 9.62 Å². The van der Waals surface area contributed by atoms with E-state index in [1.54, 1.807) is 13.2 Å². The molecule has 2 aromatic rings. The lowest BCUT2D eigenvalue weighted by Crippen LogP contribution is -2.45. The van der Waals surface area contributed by atoms with Gasteiger partial charge in [-0.05, 0) is 31.0 Å². The molecule has 0 saturated carbocycles. The van der Waals surface area contributed by atoms with Gasteiger partial charge in [-0.1, -0.05) is 30.3 Å². The Kier molecular flexibility index (Phi) is 5.76. The molecule has 6 nitrogen and oxygen atoms in total.